The second-order valence-electron chi connectivity index (χ2n) is 7.61. The summed E-state index contributed by atoms with van der Waals surface area (Å²) in [6, 6.07) is 5.21. The number of hydrogen-bond acceptors (Lipinski definition) is 4. The molecule has 5 rings (SSSR count). The Labute approximate surface area is 182 Å². The lowest BCUT2D eigenvalue weighted by molar-refractivity contribution is -0.142. The third kappa shape index (κ3) is 3.43. The minimum atomic E-state index is -4.64. The number of nitrogens with one attached hydrogen (secondary N) is 1. The zero-order valence-corrected chi connectivity index (χ0v) is 17.0. The SMILES string of the molecule is Cn1nc(C(F)F)cc1C(=O)N1CCc2[nH]cnc2C1c1cc2cccc(C(F)(F)F)n2n1. The molecular formula is C20H16F5N7O. The molecule has 0 aromatic carbocycles. The molecule has 5 heterocycles. The maximum atomic E-state index is 13.5. The fourth-order valence-corrected chi connectivity index (χ4v) is 4.12. The van der Waals surface area contributed by atoms with Gasteiger partial charge in [0.05, 0.1) is 23.2 Å². The lowest BCUT2D eigenvalue weighted by Crippen LogP contribution is -2.41. The van der Waals surface area contributed by atoms with Crippen LogP contribution < -0.4 is 0 Å². The van der Waals surface area contributed by atoms with E-state index in [4.69, 9.17) is 0 Å². The van der Waals surface area contributed by atoms with Gasteiger partial charge in [0, 0.05) is 25.7 Å². The first-order chi connectivity index (χ1) is 15.6. The van der Waals surface area contributed by atoms with Crippen LogP contribution in [0.3, 0.4) is 0 Å². The number of carbonyl (C=O) groups excluding carboxylic acids is 1. The van der Waals surface area contributed by atoms with Crippen molar-refractivity contribution in [1.82, 2.24) is 34.3 Å². The highest BCUT2D eigenvalue weighted by atomic mass is 19.4. The molecule has 4 aromatic heterocycles. The smallest absolute Gasteiger partial charge is 0.348 e. The van der Waals surface area contributed by atoms with E-state index in [1.807, 2.05) is 0 Å². The van der Waals surface area contributed by atoms with Crippen LogP contribution in [0.5, 0.6) is 0 Å². The molecule has 0 saturated heterocycles. The molecule has 1 amide bonds. The molecule has 0 aliphatic carbocycles. The highest BCUT2D eigenvalue weighted by Crippen LogP contribution is 2.36. The van der Waals surface area contributed by atoms with Crippen molar-refractivity contribution in [3.05, 3.63) is 70.8 Å². The number of fused-ring (bicyclic) bond motifs is 2. The molecule has 0 radical (unpaired) electrons. The molecule has 33 heavy (non-hydrogen) atoms. The number of aromatic amines is 1. The Bertz CT molecular complexity index is 1350. The summed E-state index contributed by atoms with van der Waals surface area (Å²) in [4.78, 5) is 22.0. The Hall–Kier alpha value is -3.77. The normalized spacial score (nSPS) is 16.6. The van der Waals surface area contributed by atoms with Crippen LogP contribution >= 0.6 is 0 Å². The molecule has 0 spiro atoms. The molecule has 8 nitrogen and oxygen atoms in total. The summed E-state index contributed by atoms with van der Waals surface area (Å²) >= 11 is 0. The van der Waals surface area contributed by atoms with Gasteiger partial charge in [0.2, 0.25) is 0 Å². The van der Waals surface area contributed by atoms with Gasteiger partial charge < -0.3 is 9.88 Å². The predicted molar refractivity (Wildman–Crippen MR) is 104 cm³/mol. The van der Waals surface area contributed by atoms with Crippen LogP contribution in [0.25, 0.3) is 5.52 Å². The molecule has 1 aliphatic heterocycles. The number of aryl methyl sites for hydroxylation is 1. The van der Waals surface area contributed by atoms with Gasteiger partial charge in [-0.3, -0.25) is 9.48 Å². The first-order valence-corrected chi connectivity index (χ1v) is 9.86. The summed E-state index contributed by atoms with van der Waals surface area (Å²) in [6.45, 7) is 0.174. The Morgan fingerprint density at radius 3 is 2.70 bits per heavy atom. The summed E-state index contributed by atoms with van der Waals surface area (Å²) in [5.41, 5.74) is -0.0696. The molecule has 1 atom stereocenters. The lowest BCUT2D eigenvalue weighted by atomic mass is 9.99. The van der Waals surface area contributed by atoms with Crippen LogP contribution in [0.15, 0.2) is 36.7 Å². The number of aromatic nitrogens is 6. The van der Waals surface area contributed by atoms with Crippen molar-refractivity contribution in [2.24, 2.45) is 7.05 Å². The average molecular weight is 465 g/mol. The van der Waals surface area contributed by atoms with E-state index in [1.165, 1.54) is 36.5 Å². The summed E-state index contributed by atoms with van der Waals surface area (Å²) in [5, 5.41) is 7.85. The molecule has 0 fully saturated rings. The molecule has 4 aromatic rings. The Kier molecular flexibility index (Phi) is 4.72. The van der Waals surface area contributed by atoms with Crippen molar-refractivity contribution in [1.29, 1.82) is 0 Å². The predicted octanol–water partition coefficient (Wildman–Crippen LogP) is 3.54. The number of nitrogens with zero attached hydrogens (tertiary/aromatic N) is 6. The van der Waals surface area contributed by atoms with E-state index in [2.05, 4.69) is 20.2 Å². The van der Waals surface area contributed by atoms with Gasteiger partial charge in [0.1, 0.15) is 23.1 Å². The monoisotopic (exact) mass is 465 g/mol. The largest absolute Gasteiger partial charge is 0.433 e. The number of carbonyl (C=O) groups is 1. The van der Waals surface area contributed by atoms with Gasteiger partial charge in [-0.05, 0) is 24.3 Å². The summed E-state index contributed by atoms with van der Waals surface area (Å²) in [5.74, 6) is -0.608. The van der Waals surface area contributed by atoms with Crippen molar-refractivity contribution >= 4 is 11.4 Å². The number of pyridine rings is 1. The molecule has 1 aliphatic rings. The van der Waals surface area contributed by atoms with Crippen molar-refractivity contribution in [3.63, 3.8) is 0 Å². The molecule has 1 N–H and O–H groups in total. The van der Waals surface area contributed by atoms with Gasteiger partial charge in [-0.2, -0.15) is 23.4 Å². The Morgan fingerprint density at radius 1 is 1.21 bits per heavy atom. The van der Waals surface area contributed by atoms with E-state index >= 15 is 0 Å². The highest BCUT2D eigenvalue weighted by molar-refractivity contribution is 5.93. The molecule has 0 bridgehead atoms. The van der Waals surface area contributed by atoms with Gasteiger partial charge in [-0.25, -0.2) is 18.3 Å². The van der Waals surface area contributed by atoms with E-state index in [1.54, 1.807) is 0 Å². The van der Waals surface area contributed by atoms with Crippen molar-refractivity contribution in [2.75, 3.05) is 6.54 Å². The fourth-order valence-electron chi connectivity index (χ4n) is 4.12. The zero-order valence-electron chi connectivity index (χ0n) is 17.0. The third-order valence-corrected chi connectivity index (χ3v) is 5.60. The van der Waals surface area contributed by atoms with Gasteiger partial charge in [-0.1, -0.05) is 6.07 Å². The Balaban J connectivity index is 1.63. The number of amides is 1. The van der Waals surface area contributed by atoms with Crippen LogP contribution in [0, 0.1) is 0 Å². The lowest BCUT2D eigenvalue weighted by Gasteiger charge is -2.33. The number of rotatable bonds is 3. The van der Waals surface area contributed by atoms with Gasteiger partial charge in [0.15, 0.2) is 0 Å². The van der Waals surface area contributed by atoms with Crippen LogP contribution in [0.2, 0.25) is 0 Å². The van der Waals surface area contributed by atoms with E-state index in [-0.39, 0.29) is 23.4 Å². The minimum Gasteiger partial charge on any atom is -0.348 e. The first-order valence-electron chi connectivity index (χ1n) is 9.86. The third-order valence-electron chi connectivity index (χ3n) is 5.60. The van der Waals surface area contributed by atoms with E-state index in [9.17, 15) is 26.7 Å². The van der Waals surface area contributed by atoms with E-state index in [0.29, 0.717) is 12.1 Å². The quantitative estimate of drug-likeness (QED) is 0.470. The average Bonchev–Trinajstić information content (AvgIpc) is 3.48. The molecule has 13 heteroatoms. The first kappa shape index (κ1) is 21.1. The van der Waals surface area contributed by atoms with Gasteiger partial charge in [-0.15, -0.1) is 0 Å². The van der Waals surface area contributed by atoms with E-state index in [0.717, 1.165) is 27.0 Å². The Morgan fingerprint density at radius 2 is 2.00 bits per heavy atom. The zero-order chi connectivity index (χ0) is 23.5. The topological polar surface area (TPSA) is 84.1 Å². The van der Waals surface area contributed by atoms with Crippen molar-refractivity contribution in [2.45, 2.75) is 25.1 Å². The number of alkyl halides is 5. The molecule has 1 unspecified atom stereocenters. The number of hydrogen-bond donors (Lipinski definition) is 1. The van der Waals surface area contributed by atoms with Crippen LogP contribution in [0.4, 0.5) is 22.0 Å². The van der Waals surface area contributed by atoms with Crippen LogP contribution in [-0.2, 0) is 19.6 Å². The van der Waals surface area contributed by atoms with Gasteiger partial charge in [0.25, 0.3) is 12.3 Å². The van der Waals surface area contributed by atoms with Crippen LogP contribution in [-0.4, -0.2) is 46.7 Å². The van der Waals surface area contributed by atoms with Gasteiger partial charge >= 0.3 is 6.18 Å². The second-order valence-corrected chi connectivity index (χ2v) is 7.61. The summed E-state index contributed by atoms with van der Waals surface area (Å²) < 4.78 is 68.5. The standard InChI is InChI=1S/C20H16F5N7O/c1-30-14(8-13(28-30)18(21)22)19(33)31-6-5-11-16(27-9-26-11)17(31)12-7-10-3-2-4-15(20(23,24)25)32(10)29-12/h2-4,7-9,17-18H,5-6H2,1H3,(H,26,27). The summed E-state index contributed by atoms with van der Waals surface area (Å²) in [7, 11) is 1.37. The molecular weight excluding hydrogens is 449 g/mol. The number of H-pyrrole nitrogens is 1. The fraction of sp³-hybridized carbons (Fsp3) is 0.300. The minimum absolute atomic E-state index is 0.0750. The molecule has 172 valence electrons. The van der Waals surface area contributed by atoms with Crippen LogP contribution in [0.1, 0.15) is 51.4 Å². The highest BCUT2D eigenvalue weighted by Gasteiger charge is 2.39. The number of imidazole rings is 1. The van der Waals surface area contributed by atoms with E-state index < -0.39 is 35.9 Å². The van der Waals surface area contributed by atoms with Crippen molar-refractivity contribution < 1.29 is 26.7 Å². The molecule has 0 saturated carbocycles. The second kappa shape index (κ2) is 7.39. The maximum absolute atomic E-state index is 13.5. The van der Waals surface area contributed by atoms with Crippen molar-refractivity contribution in [3.8, 4) is 0 Å². The number of halogens is 5. The maximum Gasteiger partial charge on any atom is 0.433 e. The summed E-state index contributed by atoms with van der Waals surface area (Å²) in [6.07, 6.45) is -5.66.